The van der Waals surface area contributed by atoms with Crippen LogP contribution in [-0.2, 0) is 11.3 Å². The molecule has 128 valence electrons. The summed E-state index contributed by atoms with van der Waals surface area (Å²) in [6, 6.07) is 8.05. The molecule has 0 aliphatic heterocycles. The Kier molecular flexibility index (Phi) is 5.84. The van der Waals surface area contributed by atoms with E-state index in [4.69, 9.17) is 21.1 Å². The molecule has 0 aromatic heterocycles. The number of carbonyl (C=O) groups excluding carboxylic acids is 1. The van der Waals surface area contributed by atoms with E-state index in [0.717, 1.165) is 5.56 Å². The first-order valence-corrected chi connectivity index (χ1v) is 8.05. The topological polar surface area (TPSA) is 35.5 Å². The number of esters is 1. The summed E-state index contributed by atoms with van der Waals surface area (Å²) in [5.41, 5.74) is 2.23. The Balaban J connectivity index is 2.27. The van der Waals surface area contributed by atoms with E-state index in [0.29, 0.717) is 27.5 Å². The number of hydrogen-bond acceptors (Lipinski definition) is 3. The Bertz CT molecular complexity index is 757. The Morgan fingerprint density at radius 1 is 1.21 bits per heavy atom. The van der Waals surface area contributed by atoms with Gasteiger partial charge in [-0.25, -0.2) is 9.18 Å². The lowest BCUT2D eigenvalue weighted by atomic mass is 10.1. The Morgan fingerprint density at radius 3 is 2.58 bits per heavy atom. The van der Waals surface area contributed by atoms with Crippen LogP contribution in [0.25, 0.3) is 0 Å². The van der Waals surface area contributed by atoms with Crippen molar-refractivity contribution in [1.82, 2.24) is 0 Å². The number of benzene rings is 2. The lowest BCUT2D eigenvalue weighted by molar-refractivity contribution is 0.0375. The van der Waals surface area contributed by atoms with Crippen molar-refractivity contribution in [2.75, 3.05) is 0 Å². The molecule has 2 rings (SSSR count). The second-order valence-corrected chi connectivity index (χ2v) is 6.28. The fraction of sp³-hybridized carbons (Fsp3) is 0.316. The van der Waals surface area contributed by atoms with Gasteiger partial charge in [-0.05, 0) is 57.0 Å². The van der Waals surface area contributed by atoms with Gasteiger partial charge in [0.25, 0.3) is 0 Å². The minimum absolute atomic E-state index is 0.0472. The van der Waals surface area contributed by atoms with Crippen LogP contribution in [0.2, 0.25) is 5.02 Å². The van der Waals surface area contributed by atoms with Gasteiger partial charge in [-0.2, -0.15) is 0 Å². The predicted octanol–water partition coefficient (Wildman–Crippen LogP) is 5.24. The molecule has 0 amide bonds. The van der Waals surface area contributed by atoms with Gasteiger partial charge in [0.2, 0.25) is 0 Å². The first kappa shape index (κ1) is 18.3. The molecule has 0 saturated heterocycles. The molecule has 0 unspecified atom stereocenters. The van der Waals surface area contributed by atoms with Crippen molar-refractivity contribution in [3.8, 4) is 5.75 Å². The second-order valence-electron chi connectivity index (χ2n) is 5.88. The highest BCUT2D eigenvalue weighted by atomic mass is 35.5. The van der Waals surface area contributed by atoms with Gasteiger partial charge in [0, 0.05) is 16.7 Å². The minimum Gasteiger partial charge on any atom is -0.488 e. The molecule has 24 heavy (non-hydrogen) atoms. The molecule has 2 aromatic rings. The van der Waals surface area contributed by atoms with Crippen LogP contribution < -0.4 is 4.74 Å². The zero-order valence-corrected chi connectivity index (χ0v) is 14.9. The van der Waals surface area contributed by atoms with E-state index in [9.17, 15) is 9.18 Å². The van der Waals surface area contributed by atoms with E-state index in [1.165, 1.54) is 6.07 Å². The summed E-state index contributed by atoms with van der Waals surface area (Å²) in [6.07, 6.45) is -0.237. The smallest absolute Gasteiger partial charge is 0.338 e. The van der Waals surface area contributed by atoms with Crippen molar-refractivity contribution < 1.29 is 18.7 Å². The van der Waals surface area contributed by atoms with Crippen molar-refractivity contribution in [3.63, 3.8) is 0 Å². The molecule has 0 aliphatic rings. The van der Waals surface area contributed by atoms with Crippen LogP contribution in [0, 0.1) is 19.7 Å². The fourth-order valence-corrected chi connectivity index (χ4v) is 2.52. The fourth-order valence-electron chi connectivity index (χ4n) is 2.29. The molecule has 0 bridgehead atoms. The Morgan fingerprint density at radius 2 is 1.92 bits per heavy atom. The first-order chi connectivity index (χ1) is 11.3. The molecule has 0 heterocycles. The number of aryl methyl sites for hydroxylation is 2. The highest BCUT2D eigenvalue weighted by molar-refractivity contribution is 6.31. The molecule has 3 nitrogen and oxygen atoms in total. The van der Waals surface area contributed by atoms with Gasteiger partial charge in [0.1, 0.15) is 18.2 Å². The molecule has 0 spiro atoms. The standard InChI is InChI=1S/C19H20ClFO3/c1-11(2)24-19(22)14-6-5-7-16(20)15(14)10-23-18-9-17(21)12(3)8-13(18)4/h5-9,11H,10H2,1-4H3. The third-order valence-corrected chi connectivity index (χ3v) is 3.86. The van der Waals surface area contributed by atoms with E-state index in [1.54, 1.807) is 45.0 Å². The number of ether oxygens (including phenoxy) is 2. The van der Waals surface area contributed by atoms with Crippen molar-refractivity contribution in [3.05, 3.63) is 63.4 Å². The molecule has 0 atom stereocenters. The maximum absolute atomic E-state index is 13.7. The Hall–Kier alpha value is -2.07. The van der Waals surface area contributed by atoms with Crippen molar-refractivity contribution >= 4 is 17.6 Å². The van der Waals surface area contributed by atoms with Crippen LogP contribution in [0.15, 0.2) is 30.3 Å². The first-order valence-electron chi connectivity index (χ1n) is 7.67. The number of carbonyl (C=O) groups is 1. The second kappa shape index (κ2) is 7.67. The summed E-state index contributed by atoms with van der Waals surface area (Å²) in [6.45, 7) is 7.13. The van der Waals surface area contributed by atoms with Crippen LogP contribution in [0.4, 0.5) is 4.39 Å². The molecule has 0 aliphatic carbocycles. The predicted molar refractivity (Wildman–Crippen MR) is 92.2 cm³/mol. The molecule has 0 saturated carbocycles. The molecule has 0 N–H and O–H groups in total. The van der Waals surface area contributed by atoms with Gasteiger partial charge in [0.05, 0.1) is 11.7 Å². The maximum Gasteiger partial charge on any atom is 0.338 e. The van der Waals surface area contributed by atoms with Gasteiger partial charge in [0.15, 0.2) is 0 Å². The van der Waals surface area contributed by atoms with Crippen LogP contribution in [0.5, 0.6) is 5.75 Å². The third-order valence-electron chi connectivity index (χ3n) is 3.51. The molecule has 2 aromatic carbocycles. The van der Waals surface area contributed by atoms with E-state index in [1.807, 2.05) is 6.92 Å². The summed E-state index contributed by atoms with van der Waals surface area (Å²) in [5.74, 6) is -0.381. The SMILES string of the molecule is Cc1cc(C)c(OCc2c(Cl)cccc2C(=O)OC(C)C)cc1F. The molecule has 0 radical (unpaired) electrons. The van der Waals surface area contributed by atoms with Gasteiger partial charge in [-0.3, -0.25) is 0 Å². The van der Waals surface area contributed by atoms with E-state index in [-0.39, 0.29) is 18.5 Å². The van der Waals surface area contributed by atoms with E-state index in [2.05, 4.69) is 0 Å². The number of halogens is 2. The van der Waals surface area contributed by atoms with Crippen LogP contribution >= 0.6 is 11.6 Å². The van der Waals surface area contributed by atoms with E-state index < -0.39 is 5.97 Å². The zero-order chi connectivity index (χ0) is 17.9. The minimum atomic E-state index is -0.460. The maximum atomic E-state index is 13.7. The molecular weight excluding hydrogens is 331 g/mol. The molecule has 0 fully saturated rings. The van der Waals surface area contributed by atoms with Gasteiger partial charge < -0.3 is 9.47 Å². The van der Waals surface area contributed by atoms with Crippen molar-refractivity contribution in [2.45, 2.75) is 40.4 Å². The van der Waals surface area contributed by atoms with Gasteiger partial charge >= 0.3 is 5.97 Å². The summed E-state index contributed by atoms with van der Waals surface area (Å²) in [4.78, 5) is 12.2. The van der Waals surface area contributed by atoms with Gasteiger partial charge in [-0.1, -0.05) is 17.7 Å². The van der Waals surface area contributed by atoms with Crippen molar-refractivity contribution in [1.29, 1.82) is 0 Å². The van der Waals surface area contributed by atoms with Crippen LogP contribution in [0.1, 0.15) is 40.9 Å². The summed E-state index contributed by atoms with van der Waals surface area (Å²) < 4.78 is 24.7. The van der Waals surface area contributed by atoms with E-state index >= 15 is 0 Å². The quantitative estimate of drug-likeness (QED) is 0.692. The molecule has 5 heteroatoms. The number of rotatable bonds is 5. The molecular formula is C19H20ClFO3. The largest absolute Gasteiger partial charge is 0.488 e. The average molecular weight is 351 g/mol. The summed E-state index contributed by atoms with van der Waals surface area (Å²) >= 11 is 6.21. The lowest BCUT2D eigenvalue weighted by Crippen LogP contribution is -2.15. The zero-order valence-electron chi connectivity index (χ0n) is 14.2. The van der Waals surface area contributed by atoms with Gasteiger partial charge in [-0.15, -0.1) is 0 Å². The van der Waals surface area contributed by atoms with Crippen molar-refractivity contribution in [2.24, 2.45) is 0 Å². The summed E-state index contributed by atoms with van der Waals surface area (Å²) in [7, 11) is 0. The third kappa shape index (κ3) is 4.26. The highest BCUT2D eigenvalue weighted by Crippen LogP contribution is 2.26. The van der Waals surface area contributed by atoms with Crippen LogP contribution in [-0.4, -0.2) is 12.1 Å². The number of hydrogen-bond donors (Lipinski definition) is 0. The average Bonchev–Trinajstić information content (AvgIpc) is 2.49. The summed E-state index contributed by atoms with van der Waals surface area (Å²) in [5, 5.41) is 0.401. The normalized spacial score (nSPS) is 10.8. The lowest BCUT2D eigenvalue weighted by Gasteiger charge is -2.15. The van der Waals surface area contributed by atoms with Crippen LogP contribution in [0.3, 0.4) is 0 Å². The highest BCUT2D eigenvalue weighted by Gasteiger charge is 2.17. The monoisotopic (exact) mass is 350 g/mol. The Labute approximate surface area is 146 Å².